The summed E-state index contributed by atoms with van der Waals surface area (Å²) in [6, 6.07) is 5.46. The van der Waals surface area contributed by atoms with E-state index in [4.69, 9.17) is 4.74 Å². The monoisotopic (exact) mass is 530 g/mol. The fraction of sp³-hybridized carbons (Fsp3) is 0.600. The Balaban J connectivity index is 1.28. The van der Waals surface area contributed by atoms with E-state index in [-0.39, 0.29) is 17.3 Å². The van der Waals surface area contributed by atoms with Crippen LogP contribution in [0.2, 0.25) is 0 Å². The predicted octanol–water partition coefficient (Wildman–Crippen LogP) is 5.61. The molecule has 1 aliphatic carbocycles. The van der Waals surface area contributed by atoms with Gasteiger partial charge in [-0.3, -0.25) is 0 Å². The van der Waals surface area contributed by atoms with Crippen molar-refractivity contribution in [3.63, 3.8) is 0 Å². The second kappa shape index (κ2) is 10.3. The van der Waals surface area contributed by atoms with E-state index in [0.29, 0.717) is 17.8 Å². The van der Waals surface area contributed by atoms with E-state index in [1.807, 2.05) is 0 Å². The van der Waals surface area contributed by atoms with Crippen LogP contribution in [0.4, 0.5) is 32.2 Å². The zero-order valence-electron chi connectivity index (χ0n) is 20.0. The molecule has 1 saturated carbocycles. The first-order valence-electron chi connectivity index (χ1n) is 12.4. The maximum atomic E-state index is 14.0. The van der Waals surface area contributed by atoms with E-state index in [1.165, 1.54) is 18.2 Å². The summed E-state index contributed by atoms with van der Waals surface area (Å²) in [7, 11) is 0. The van der Waals surface area contributed by atoms with Crippen LogP contribution >= 0.6 is 0 Å². The first-order valence-corrected chi connectivity index (χ1v) is 12.4. The lowest BCUT2D eigenvalue weighted by atomic mass is 10.00. The zero-order valence-corrected chi connectivity index (χ0v) is 20.0. The number of ether oxygens (including phenoxy) is 2. The number of nitrogens with one attached hydrogen (secondary N) is 1. The number of alkyl halides is 6. The minimum Gasteiger partial charge on any atom is -0.405 e. The smallest absolute Gasteiger partial charge is 0.405 e. The van der Waals surface area contributed by atoms with Crippen molar-refractivity contribution in [1.29, 1.82) is 0 Å². The number of para-hydroxylation sites is 1. The number of likely N-dealkylation sites (tertiary alicyclic amines) is 1. The van der Waals surface area contributed by atoms with E-state index >= 15 is 0 Å². The molecule has 0 radical (unpaired) electrons. The van der Waals surface area contributed by atoms with Gasteiger partial charge in [0.2, 0.25) is 0 Å². The Morgan fingerprint density at radius 1 is 0.973 bits per heavy atom. The van der Waals surface area contributed by atoms with Gasteiger partial charge in [0.15, 0.2) is 5.82 Å². The molecule has 3 heterocycles. The molecule has 1 aromatic carbocycles. The van der Waals surface area contributed by atoms with E-state index in [9.17, 15) is 26.3 Å². The molecule has 1 N–H and O–H groups in total. The third-order valence-electron chi connectivity index (χ3n) is 7.51. The highest BCUT2D eigenvalue weighted by Crippen LogP contribution is 2.42. The van der Waals surface area contributed by atoms with Gasteiger partial charge in [0, 0.05) is 44.5 Å². The molecule has 37 heavy (non-hydrogen) atoms. The molecule has 0 unspecified atom stereocenters. The quantitative estimate of drug-likeness (QED) is 0.490. The van der Waals surface area contributed by atoms with Crippen molar-refractivity contribution in [1.82, 2.24) is 15.1 Å². The lowest BCUT2D eigenvalue weighted by molar-refractivity contribution is -0.274. The maximum Gasteiger partial charge on any atom is 0.573 e. The number of anilines is 1. The van der Waals surface area contributed by atoms with Crippen LogP contribution < -0.4 is 10.1 Å². The Morgan fingerprint density at radius 2 is 1.65 bits per heavy atom. The van der Waals surface area contributed by atoms with Crippen LogP contribution in [0, 0.1) is 17.8 Å². The maximum absolute atomic E-state index is 14.0. The van der Waals surface area contributed by atoms with Crippen LogP contribution in [0.1, 0.15) is 31.2 Å². The molecule has 3 atom stereocenters. The molecule has 1 aromatic heterocycles. The first kappa shape index (κ1) is 26.0. The third kappa shape index (κ3) is 6.28. The fourth-order valence-corrected chi connectivity index (χ4v) is 5.89. The fourth-order valence-electron chi connectivity index (χ4n) is 5.89. The summed E-state index contributed by atoms with van der Waals surface area (Å²) in [4.78, 5) is 2.47. The van der Waals surface area contributed by atoms with Crippen LogP contribution in [0.25, 0.3) is 11.3 Å². The summed E-state index contributed by atoms with van der Waals surface area (Å²) in [5.41, 5.74) is -1.66. The molecular formula is C25H28F6N4O2. The molecule has 3 aliphatic rings. The zero-order chi connectivity index (χ0) is 26.2. The van der Waals surface area contributed by atoms with Gasteiger partial charge in [-0.25, -0.2) is 0 Å². The number of nitrogens with zero attached hydrogens (tertiary/aromatic N) is 3. The number of halogens is 6. The van der Waals surface area contributed by atoms with Gasteiger partial charge >= 0.3 is 12.5 Å². The van der Waals surface area contributed by atoms with E-state index < -0.39 is 29.7 Å². The van der Waals surface area contributed by atoms with Crippen LogP contribution in [-0.2, 0) is 10.9 Å². The summed E-state index contributed by atoms with van der Waals surface area (Å²) in [5, 5.41) is 10.5. The number of fused-ring (bicyclic) bond motifs is 1. The van der Waals surface area contributed by atoms with Gasteiger partial charge in [-0.2, -0.15) is 13.2 Å². The molecule has 6 nitrogen and oxygen atoms in total. The average Bonchev–Trinajstić information content (AvgIpc) is 3.36. The average molecular weight is 531 g/mol. The van der Waals surface area contributed by atoms with E-state index in [0.717, 1.165) is 70.7 Å². The summed E-state index contributed by atoms with van der Waals surface area (Å²) < 4.78 is 89.6. The lowest BCUT2D eigenvalue weighted by Crippen LogP contribution is -2.32. The van der Waals surface area contributed by atoms with Crippen molar-refractivity contribution in [2.45, 2.75) is 44.3 Å². The minimum atomic E-state index is -5.00. The predicted molar refractivity (Wildman–Crippen MR) is 123 cm³/mol. The first-order chi connectivity index (χ1) is 17.5. The number of rotatable bonds is 6. The SMILES string of the molecule is FC(F)(F)Oc1ccccc1-c1cc(C(F)(F)F)c(N[C@H]2C[C@@H]3CN(CC4CCOCC4)C[C@@H]3C2)nn1. The minimum absolute atomic E-state index is 0.178. The summed E-state index contributed by atoms with van der Waals surface area (Å²) in [5.74, 6) is 0.397. The highest BCUT2D eigenvalue weighted by molar-refractivity contribution is 5.69. The molecule has 202 valence electrons. The molecule has 12 heteroatoms. The number of benzene rings is 1. The largest absolute Gasteiger partial charge is 0.573 e. The van der Waals surface area contributed by atoms with Gasteiger partial charge in [-0.05, 0) is 61.6 Å². The van der Waals surface area contributed by atoms with Crippen molar-refractivity contribution in [3.05, 3.63) is 35.9 Å². The van der Waals surface area contributed by atoms with Gasteiger partial charge in [-0.15, -0.1) is 23.4 Å². The van der Waals surface area contributed by atoms with Crippen molar-refractivity contribution < 1.29 is 35.8 Å². The summed E-state index contributed by atoms with van der Waals surface area (Å²) >= 11 is 0. The molecule has 2 saturated heterocycles. The standard InChI is InChI=1S/C25H28F6N4O2/c26-24(27,28)20-11-21(19-3-1-2-4-22(19)37-25(29,30)31)33-34-23(20)32-18-9-16-13-35(14-17(16)10-18)12-15-5-7-36-8-6-15/h1-4,11,15-18H,5-10,12-14H2,(H,32,34)/t16-,17+,18+. The van der Waals surface area contributed by atoms with Gasteiger partial charge in [0.1, 0.15) is 11.3 Å². The second-order valence-corrected chi connectivity index (χ2v) is 10.1. The van der Waals surface area contributed by atoms with E-state index in [1.54, 1.807) is 0 Å². The molecule has 0 spiro atoms. The van der Waals surface area contributed by atoms with Crippen LogP contribution in [0.15, 0.2) is 30.3 Å². The van der Waals surface area contributed by atoms with Gasteiger partial charge < -0.3 is 19.7 Å². The molecule has 5 rings (SSSR count). The number of aromatic nitrogens is 2. The highest BCUT2D eigenvalue weighted by Gasteiger charge is 2.43. The van der Waals surface area contributed by atoms with Crippen LogP contribution in [-0.4, -0.2) is 60.3 Å². The summed E-state index contributed by atoms with van der Waals surface area (Å²) in [6.45, 7) is 4.53. The molecular weight excluding hydrogens is 502 g/mol. The van der Waals surface area contributed by atoms with Crippen molar-refractivity contribution in [2.24, 2.45) is 17.8 Å². The second-order valence-electron chi connectivity index (χ2n) is 10.1. The normalized spacial score (nSPS) is 25.3. The molecule has 3 fully saturated rings. The van der Waals surface area contributed by atoms with Crippen molar-refractivity contribution >= 4 is 5.82 Å². The Hall–Kier alpha value is -2.60. The molecule has 0 bridgehead atoms. The molecule has 0 amide bonds. The Morgan fingerprint density at radius 3 is 2.30 bits per heavy atom. The van der Waals surface area contributed by atoms with E-state index in [2.05, 4.69) is 25.2 Å². The highest BCUT2D eigenvalue weighted by atomic mass is 19.4. The van der Waals surface area contributed by atoms with Crippen LogP contribution in [0.5, 0.6) is 5.75 Å². The number of hydrogen-bond acceptors (Lipinski definition) is 6. The molecule has 2 aliphatic heterocycles. The Labute approximate surface area is 210 Å². The van der Waals surface area contributed by atoms with Gasteiger partial charge in [0.25, 0.3) is 0 Å². The van der Waals surface area contributed by atoms with Crippen molar-refractivity contribution in [3.8, 4) is 17.0 Å². The Kier molecular flexibility index (Phi) is 7.23. The third-order valence-corrected chi connectivity index (χ3v) is 7.51. The van der Waals surface area contributed by atoms with Crippen LogP contribution in [0.3, 0.4) is 0 Å². The number of hydrogen-bond donors (Lipinski definition) is 1. The summed E-state index contributed by atoms with van der Waals surface area (Å²) in [6.07, 6.45) is -6.17. The topological polar surface area (TPSA) is 59.5 Å². The van der Waals surface area contributed by atoms with Gasteiger partial charge in [0.05, 0.1) is 5.69 Å². The molecule has 2 aromatic rings. The lowest BCUT2D eigenvalue weighted by Gasteiger charge is -2.28. The van der Waals surface area contributed by atoms with Crippen molar-refractivity contribution in [2.75, 3.05) is 38.2 Å². The van der Waals surface area contributed by atoms with Gasteiger partial charge in [-0.1, -0.05) is 12.1 Å². The Bertz CT molecular complexity index is 1080.